The maximum Gasteiger partial charge on any atom is 0.292 e. The van der Waals surface area contributed by atoms with Gasteiger partial charge in [-0.3, -0.25) is 10.2 Å². The van der Waals surface area contributed by atoms with Crippen molar-refractivity contribution >= 4 is 5.91 Å². The van der Waals surface area contributed by atoms with E-state index < -0.39 is 0 Å². The summed E-state index contributed by atoms with van der Waals surface area (Å²) in [6.07, 6.45) is 11.1. The lowest BCUT2D eigenvalue weighted by atomic mass is 10.0. The number of carbonyl (C=O) groups excluding carboxylic acids is 1. The molecule has 1 amide bonds. The first-order valence-corrected chi connectivity index (χ1v) is 6.22. The summed E-state index contributed by atoms with van der Waals surface area (Å²) in [4.78, 5) is 11.9. The Morgan fingerprint density at radius 2 is 2.30 bits per heavy atom. The first-order chi connectivity index (χ1) is 9.83. The van der Waals surface area contributed by atoms with Gasteiger partial charge in [-0.2, -0.15) is 0 Å². The fraction of sp³-hybridized carbons (Fsp3) is 0.0714. The van der Waals surface area contributed by atoms with Gasteiger partial charge in [0.05, 0.1) is 6.26 Å². The van der Waals surface area contributed by atoms with E-state index in [9.17, 15) is 4.79 Å². The molecule has 6 heteroatoms. The predicted octanol–water partition coefficient (Wildman–Crippen LogP) is 0.886. The zero-order valence-corrected chi connectivity index (χ0v) is 10.6. The topological polar surface area (TPSA) is 78.3 Å². The van der Waals surface area contributed by atoms with Crippen molar-refractivity contribution in [3.05, 3.63) is 71.8 Å². The van der Waals surface area contributed by atoms with Crippen molar-refractivity contribution < 1.29 is 9.21 Å². The molecule has 0 atom stereocenters. The Bertz CT molecular complexity index is 624. The number of hydrogen-bond donors (Lipinski definition) is 4. The van der Waals surface area contributed by atoms with Gasteiger partial charge in [-0.05, 0) is 36.1 Å². The molecule has 0 spiro atoms. The molecule has 0 bridgehead atoms. The molecule has 0 unspecified atom stereocenters. The Labute approximate surface area is 115 Å². The molecule has 4 N–H and O–H groups in total. The van der Waals surface area contributed by atoms with Crippen LogP contribution in [0.3, 0.4) is 0 Å². The Morgan fingerprint density at radius 1 is 1.35 bits per heavy atom. The summed E-state index contributed by atoms with van der Waals surface area (Å²) in [6.45, 7) is 0.790. The number of dihydropyridines is 1. The van der Waals surface area contributed by atoms with Gasteiger partial charge in [-0.15, -0.1) is 0 Å². The quantitative estimate of drug-likeness (QED) is 0.656. The molecule has 0 saturated carbocycles. The summed E-state index contributed by atoms with van der Waals surface area (Å²) < 4.78 is 5.05. The standard InChI is InChI=1S/C14H14N4O2/c19-14(12-2-1-7-20-12)17-13-8-11(9-16-18-13)10-3-5-15-6-4-10/h1-5,7-9,15-16,18H,6H2,(H,17,19). The van der Waals surface area contributed by atoms with Gasteiger partial charge in [-0.1, -0.05) is 6.08 Å². The van der Waals surface area contributed by atoms with Crippen LogP contribution < -0.4 is 21.5 Å². The van der Waals surface area contributed by atoms with Crippen LogP contribution in [0.5, 0.6) is 0 Å². The Morgan fingerprint density at radius 3 is 3.05 bits per heavy atom. The van der Waals surface area contributed by atoms with Gasteiger partial charge in [0.2, 0.25) is 0 Å². The number of rotatable bonds is 3. The number of carbonyl (C=O) groups is 1. The Balaban J connectivity index is 1.73. The third-order valence-electron chi connectivity index (χ3n) is 2.88. The van der Waals surface area contributed by atoms with Crippen LogP contribution >= 0.6 is 0 Å². The van der Waals surface area contributed by atoms with E-state index in [1.54, 1.807) is 12.1 Å². The molecule has 102 valence electrons. The van der Waals surface area contributed by atoms with E-state index in [1.807, 2.05) is 24.6 Å². The molecule has 3 heterocycles. The van der Waals surface area contributed by atoms with E-state index in [4.69, 9.17) is 4.42 Å². The molecule has 2 aliphatic rings. The lowest BCUT2D eigenvalue weighted by molar-refractivity contribution is 0.0935. The number of nitrogens with one attached hydrogen (secondary N) is 4. The number of amides is 1. The summed E-state index contributed by atoms with van der Waals surface area (Å²) in [6, 6.07) is 3.28. The molecule has 20 heavy (non-hydrogen) atoms. The fourth-order valence-corrected chi connectivity index (χ4v) is 1.92. The molecule has 0 aromatic carbocycles. The van der Waals surface area contributed by atoms with Crippen LogP contribution in [-0.4, -0.2) is 12.5 Å². The van der Waals surface area contributed by atoms with E-state index in [-0.39, 0.29) is 11.7 Å². The zero-order valence-electron chi connectivity index (χ0n) is 10.6. The monoisotopic (exact) mass is 270 g/mol. The minimum atomic E-state index is -0.299. The number of furan rings is 1. The normalized spacial score (nSPS) is 16.9. The van der Waals surface area contributed by atoms with Gasteiger partial charge in [-0.25, -0.2) is 0 Å². The van der Waals surface area contributed by atoms with E-state index >= 15 is 0 Å². The highest BCUT2D eigenvalue weighted by molar-refractivity contribution is 5.92. The molecule has 6 nitrogen and oxygen atoms in total. The van der Waals surface area contributed by atoms with Crippen LogP contribution in [0.25, 0.3) is 0 Å². The Hall–Kier alpha value is -2.89. The summed E-state index contributed by atoms with van der Waals surface area (Å²) >= 11 is 0. The van der Waals surface area contributed by atoms with Gasteiger partial charge in [0.1, 0.15) is 5.82 Å². The van der Waals surface area contributed by atoms with Crippen LogP contribution in [0.4, 0.5) is 0 Å². The van der Waals surface area contributed by atoms with Gasteiger partial charge < -0.3 is 20.5 Å². The number of hydrazine groups is 1. The molecule has 0 saturated heterocycles. The van der Waals surface area contributed by atoms with Crippen LogP contribution in [-0.2, 0) is 0 Å². The molecule has 3 rings (SSSR count). The van der Waals surface area contributed by atoms with Crippen LogP contribution in [0.1, 0.15) is 10.6 Å². The van der Waals surface area contributed by atoms with E-state index in [2.05, 4.69) is 27.6 Å². The third kappa shape index (κ3) is 2.59. The minimum Gasteiger partial charge on any atom is -0.459 e. The van der Waals surface area contributed by atoms with Crippen molar-refractivity contribution in [2.75, 3.05) is 6.54 Å². The van der Waals surface area contributed by atoms with Crippen molar-refractivity contribution in [3.63, 3.8) is 0 Å². The van der Waals surface area contributed by atoms with E-state index in [0.717, 1.165) is 17.7 Å². The highest BCUT2D eigenvalue weighted by atomic mass is 16.3. The van der Waals surface area contributed by atoms with E-state index in [0.29, 0.717) is 5.82 Å². The van der Waals surface area contributed by atoms with Crippen LogP contribution in [0.15, 0.2) is 70.4 Å². The zero-order chi connectivity index (χ0) is 13.8. The van der Waals surface area contributed by atoms with Crippen molar-refractivity contribution in [2.24, 2.45) is 0 Å². The fourth-order valence-electron chi connectivity index (χ4n) is 1.92. The third-order valence-corrected chi connectivity index (χ3v) is 2.88. The second-order valence-electron chi connectivity index (χ2n) is 4.26. The molecular formula is C14H14N4O2. The molecule has 0 aliphatic carbocycles. The van der Waals surface area contributed by atoms with Gasteiger partial charge >= 0.3 is 0 Å². The molecule has 2 aliphatic heterocycles. The number of allylic oxidation sites excluding steroid dienone is 4. The average Bonchev–Trinajstić information content (AvgIpc) is 3.03. The first kappa shape index (κ1) is 12.2. The smallest absolute Gasteiger partial charge is 0.292 e. The molecular weight excluding hydrogens is 256 g/mol. The van der Waals surface area contributed by atoms with Crippen molar-refractivity contribution in [1.82, 2.24) is 21.5 Å². The van der Waals surface area contributed by atoms with E-state index in [1.165, 1.54) is 6.26 Å². The molecule has 1 aromatic heterocycles. The summed E-state index contributed by atoms with van der Waals surface area (Å²) in [7, 11) is 0. The average molecular weight is 270 g/mol. The second kappa shape index (κ2) is 5.40. The predicted molar refractivity (Wildman–Crippen MR) is 73.8 cm³/mol. The van der Waals surface area contributed by atoms with Crippen molar-refractivity contribution in [3.8, 4) is 0 Å². The largest absolute Gasteiger partial charge is 0.459 e. The minimum absolute atomic E-state index is 0.268. The summed E-state index contributed by atoms with van der Waals surface area (Å²) in [5, 5.41) is 5.83. The Kier molecular flexibility index (Phi) is 3.28. The number of hydrogen-bond acceptors (Lipinski definition) is 5. The lowest BCUT2D eigenvalue weighted by Gasteiger charge is -2.19. The highest BCUT2D eigenvalue weighted by Gasteiger charge is 2.13. The highest BCUT2D eigenvalue weighted by Crippen LogP contribution is 2.16. The lowest BCUT2D eigenvalue weighted by Crippen LogP contribution is -2.39. The van der Waals surface area contributed by atoms with Crippen molar-refractivity contribution in [1.29, 1.82) is 0 Å². The maximum absolute atomic E-state index is 11.9. The second-order valence-corrected chi connectivity index (χ2v) is 4.26. The van der Waals surface area contributed by atoms with Gasteiger partial charge in [0.15, 0.2) is 5.76 Å². The maximum atomic E-state index is 11.9. The molecule has 0 fully saturated rings. The van der Waals surface area contributed by atoms with Gasteiger partial charge in [0, 0.05) is 18.3 Å². The van der Waals surface area contributed by atoms with Gasteiger partial charge in [0.25, 0.3) is 5.91 Å². The van der Waals surface area contributed by atoms with Crippen LogP contribution in [0, 0.1) is 0 Å². The first-order valence-electron chi connectivity index (χ1n) is 6.22. The summed E-state index contributed by atoms with van der Waals surface area (Å²) in [5.41, 5.74) is 7.86. The molecule has 0 radical (unpaired) electrons. The van der Waals surface area contributed by atoms with Crippen LogP contribution in [0.2, 0.25) is 0 Å². The van der Waals surface area contributed by atoms with Crippen molar-refractivity contribution in [2.45, 2.75) is 0 Å². The SMILES string of the molecule is O=C(NC1=CC(C2=CCNC=C2)=CNN1)c1ccco1. The summed E-state index contributed by atoms with van der Waals surface area (Å²) in [5.74, 6) is 0.535. The molecule has 1 aromatic rings.